The molecule has 0 N–H and O–H groups in total. The zero-order chi connectivity index (χ0) is 20.4. The lowest BCUT2D eigenvalue weighted by molar-refractivity contribution is -0.131. The molecule has 2 aromatic carbocycles. The minimum absolute atomic E-state index is 0.0672. The third-order valence-corrected chi connectivity index (χ3v) is 7.71. The van der Waals surface area contributed by atoms with Crippen LogP contribution in [-0.4, -0.2) is 49.7 Å². The van der Waals surface area contributed by atoms with Crippen LogP contribution in [0.3, 0.4) is 0 Å². The molecule has 5 nitrogen and oxygen atoms in total. The van der Waals surface area contributed by atoms with Gasteiger partial charge in [-0.3, -0.25) is 4.79 Å². The lowest BCUT2D eigenvalue weighted by Gasteiger charge is -2.34. The molecule has 0 aromatic heterocycles. The number of carbonyl (C=O) groups is 1. The minimum Gasteiger partial charge on any atom is -0.340 e. The number of piperazine rings is 1. The van der Waals surface area contributed by atoms with Gasteiger partial charge < -0.3 is 4.90 Å². The first-order valence-corrected chi connectivity index (χ1v) is 11.5. The molecule has 1 heterocycles. The Hall–Kier alpha value is -2.25. The molecule has 29 heavy (non-hydrogen) atoms. The number of benzene rings is 2. The molecule has 1 amide bonds. The predicted molar refractivity (Wildman–Crippen MR) is 109 cm³/mol. The Morgan fingerprint density at radius 2 is 1.55 bits per heavy atom. The Labute approximate surface area is 171 Å². The normalized spacial score (nSPS) is 17.8. The zero-order valence-electron chi connectivity index (χ0n) is 16.3. The number of fused-ring (bicyclic) bond motifs is 1. The largest absolute Gasteiger partial charge is 0.340 e. The maximum absolute atomic E-state index is 13.1. The van der Waals surface area contributed by atoms with E-state index in [0.717, 1.165) is 36.8 Å². The van der Waals surface area contributed by atoms with E-state index in [-0.39, 0.29) is 31.2 Å². The summed E-state index contributed by atoms with van der Waals surface area (Å²) in [6, 6.07) is 11.4. The quantitative estimate of drug-likeness (QED) is 0.770. The lowest BCUT2D eigenvalue weighted by atomic mass is 9.92. The van der Waals surface area contributed by atoms with Crippen molar-refractivity contribution >= 4 is 15.9 Å². The van der Waals surface area contributed by atoms with E-state index in [2.05, 4.69) is 0 Å². The molecule has 0 spiro atoms. The summed E-state index contributed by atoms with van der Waals surface area (Å²) in [5.41, 5.74) is 3.15. The van der Waals surface area contributed by atoms with Gasteiger partial charge in [0.2, 0.25) is 15.9 Å². The second kappa shape index (κ2) is 8.24. The third-order valence-electron chi connectivity index (χ3n) is 5.82. The van der Waals surface area contributed by atoms with Gasteiger partial charge in [-0.25, -0.2) is 12.8 Å². The molecule has 4 rings (SSSR count). The smallest absolute Gasteiger partial charge is 0.243 e. The second-order valence-corrected chi connectivity index (χ2v) is 9.66. The minimum atomic E-state index is -3.55. The van der Waals surface area contributed by atoms with Crippen molar-refractivity contribution in [3.63, 3.8) is 0 Å². The van der Waals surface area contributed by atoms with Crippen molar-refractivity contribution in [3.8, 4) is 0 Å². The number of amides is 1. The second-order valence-electron chi connectivity index (χ2n) is 7.73. The van der Waals surface area contributed by atoms with Gasteiger partial charge in [0, 0.05) is 26.2 Å². The van der Waals surface area contributed by atoms with Gasteiger partial charge in [0.25, 0.3) is 0 Å². The first-order valence-electron chi connectivity index (χ1n) is 10.1. The van der Waals surface area contributed by atoms with E-state index < -0.39 is 10.0 Å². The maximum Gasteiger partial charge on any atom is 0.243 e. The average Bonchev–Trinajstić information content (AvgIpc) is 2.75. The SMILES string of the molecule is O=C(Cc1ccc(F)cc1)N1CCN(S(=O)(=O)c2ccc3c(c2)CCCC3)CC1. The molecule has 1 saturated heterocycles. The van der Waals surface area contributed by atoms with E-state index in [9.17, 15) is 17.6 Å². The van der Waals surface area contributed by atoms with Gasteiger partial charge in [-0.05, 0) is 66.6 Å². The molecule has 0 unspecified atom stereocenters. The Morgan fingerprint density at radius 3 is 2.24 bits per heavy atom. The van der Waals surface area contributed by atoms with Crippen LogP contribution in [-0.2, 0) is 34.1 Å². The standard InChI is InChI=1S/C22H25FN2O3S/c23-20-8-5-17(6-9-20)15-22(26)24-11-13-25(14-12-24)29(27,28)21-10-7-18-3-1-2-4-19(18)16-21/h5-10,16H,1-4,11-15H2. The molecular formula is C22H25FN2O3S. The van der Waals surface area contributed by atoms with Gasteiger partial charge in [-0.2, -0.15) is 4.31 Å². The van der Waals surface area contributed by atoms with Gasteiger partial charge in [0.1, 0.15) is 5.82 Å². The fraction of sp³-hybridized carbons (Fsp3) is 0.409. The summed E-state index contributed by atoms with van der Waals surface area (Å²) < 4.78 is 40.6. The van der Waals surface area contributed by atoms with Gasteiger partial charge in [0.05, 0.1) is 11.3 Å². The number of sulfonamides is 1. The van der Waals surface area contributed by atoms with Crippen LogP contribution in [0.4, 0.5) is 4.39 Å². The van der Waals surface area contributed by atoms with Crippen LogP contribution < -0.4 is 0 Å². The number of carbonyl (C=O) groups excluding carboxylic acids is 1. The average molecular weight is 417 g/mol. The molecule has 2 aromatic rings. The van der Waals surface area contributed by atoms with Gasteiger partial charge in [0.15, 0.2) is 0 Å². The molecular weight excluding hydrogens is 391 g/mol. The van der Waals surface area contributed by atoms with Crippen molar-refractivity contribution < 1.29 is 17.6 Å². The van der Waals surface area contributed by atoms with Crippen LogP contribution in [0.2, 0.25) is 0 Å². The highest BCUT2D eigenvalue weighted by atomic mass is 32.2. The predicted octanol–water partition coefficient (Wildman–Crippen LogP) is 2.78. The number of halogens is 1. The van der Waals surface area contributed by atoms with Crippen molar-refractivity contribution in [1.29, 1.82) is 0 Å². The molecule has 1 aliphatic heterocycles. The number of nitrogens with zero attached hydrogens (tertiary/aromatic N) is 2. The molecule has 0 atom stereocenters. The van der Waals surface area contributed by atoms with Gasteiger partial charge in [-0.1, -0.05) is 18.2 Å². The van der Waals surface area contributed by atoms with Crippen LogP contribution in [0.15, 0.2) is 47.4 Å². The molecule has 0 radical (unpaired) electrons. The molecule has 2 aliphatic rings. The zero-order valence-corrected chi connectivity index (χ0v) is 17.1. The van der Waals surface area contributed by atoms with Gasteiger partial charge in [-0.15, -0.1) is 0 Å². The van der Waals surface area contributed by atoms with E-state index in [1.54, 1.807) is 23.1 Å². The maximum atomic E-state index is 13.1. The van der Waals surface area contributed by atoms with Crippen molar-refractivity contribution in [3.05, 3.63) is 65.0 Å². The van der Waals surface area contributed by atoms with Crippen molar-refractivity contribution in [1.82, 2.24) is 9.21 Å². The summed E-state index contributed by atoms with van der Waals surface area (Å²) in [5, 5.41) is 0. The fourth-order valence-electron chi connectivity index (χ4n) is 4.09. The highest BCUT2D eigenvalue weighted by Gasteiger charge is 2.30. The first kappa shape index (κ1) is 20.0. The number of aryl methyl sites for hydroxylation is 2. The van der Waals surface area contributed by atoms with Crippen LogP contribution in [0, 0.1) is 5.82 Å². The Bertz CT molecular complexity index is 997. The number of hydrogen-bond donors (Lipinski definition) is 0. The Balaban J connectivity index is 1.39. The summed E-state index contributed by atoms with van der Waals surface area (Å²) in [4.78, 5) is 14.5. The Morgan fingerprint density at radius 1 is 0.897 bits per heavy atom. The van der Waals surface area contributed by atoms with E-state index in [1.807, 2.05) is 12.1 Å². The summed E-state index contributed by atoms with van der Waals surface area (Å²) in [6.45, 7) is 1.30. The lowest BCUT2D eigenvalue weighted by Crippen LogP contribution is -2.50. The fourth-order valence-corrected chi connectivity index (χ4v) is 5.56. The highest BCUT2D eigenvalue weighted by molar-refractivity contribution is 7.89. The highest BCUT2D eigenvalue weighted by Crippen LogP contribution is 2.26. The van der Waals surface area contributed by atoms with Crippen LogP contribution in [0.5, 0.6) is 0 Å². The van der Waals surface area contributed by atoms with E-state index in [0.29, 0.717) is 18.0 Å². The Kier molecular flexibility index (Phi) is 5.69. The molecule has 0 bridgehead atoms. The van der Waals surface area contributed by atoms with Crippen molar-refractivity contribution in [2.75, 3.05) is 26.2 Å². The number of hydrogen-bond acceptors (Lipinski definition) is 3. The topological polar surface area (TPSA) is 57.7 Å². The first-order chi connectivity index (χ1) is 13.9. The summed E-state index contributed by atoms with van der Waals surface area (Å²) in [7, 11) is -3.55. The van der Waals surface area contributed by atoms with E-state index >= 15 is 0 Å². The third kappa shape index (κ3) is 4.36. The summed E-state index contributed by atoms with van der Waals surface area (Å²) in [5.74, 6) is -0.398. The van der Waals surface area contributed by atoms with E-state index in [1.165, 1.54) is 22.0 Å². The molecule has 7 heteroatoms. The van der Waals surface area contributed by atoms with Crippen molar-refractivity contribution in [2.24, 2.45) is 0 Å². The summed E-state index contributed by atoms with van der Waals surface area (Å²) in [6.07, 6.45) is 4.41. The summed E-state index contributed by atoms with van der Waals surface area (Å²) >= 11 is 0. The molecule has 1 fully saturated rings. The molecule has 0 saturated carbocycles. The van der Waals surface area contributed by atoms with Crippen LogP contribution in [0.25, 0.3) is 0 Å². The monoisotopic (exact) mass is 416 g/mol. The van der Waals surface area contributed by atoms with Crippen LogP contribution >= 0.6 is 0 Å². The van der Waals surface area contributed by atoms with E-state index in [4.69, 9.17) is 0 Å². The molecule has 1 aliphatic carbocycles. The number of rotatable bonds is 4. The molecule has 154 valence electrons. The van der Waals surface area contributed by atoms with Crippen LogP contribution in [0.1, 0.15) is 29.5 Å². The van der Waals surface area contributed by atoms with Crippen molar-refractivity contribution in [2.45, 2.75) is 37.0 Å². The van der Waals surface area contributed by atoms with Gasteiger partial charge >= 0.3 is 0 Å².